The van der Waals surface area contributed by atoms with Gasteiger partial charge in [-0.25, -0.2) is 4.79 Å². The summed E-state index contributed by atoms with van der Waals surface area (Å²) in [6.07, 6.45) is 2.51. The van der Waals surface area contributed by atoms with Gasteiger partial charge in [0.05, 0.1) is 13.1 Å². The Hall–Kier alpha value is -2.67. The number of carboxylic acids is 1. The molecule has 0 unspecified atom stereocenters. The van der Waals surface area contributed by atoms with E-state index in [0.717, 1.165) is 17.2 Å². The van der Waals surface area contributed by atoms with E-state index in [1.807, 2.05) is 0 Å². The van der Waals surface area contributed by atoms with Gasteiger partial charge in [0.1, 0.15) is 0 Å². The number of primary amides is 2. The molecule has 0 radical (unpaired) electrons. The van der Waals surface area contributed by atoms with Gasteiger partial charge in [-0.1, -0.05) is 24.3 Å². The first-order valence-corrected chi connectivity index (χ1v) is 6.15. The highest BCUT2D eigenvalue weighted by atomic mass is 16.4. The molecule has 0 fully saturated rings. The number of nitrogens with two attached hydrogens (primary N) is 2. The summed E-state index contributed by atoms with van der Waals surface area (Å²) in [6.45, 7) is 0.210. The molecule has 0 aliphatic heterocycles. The molecule has 112 valence electrons. The molecule has 0 aliphatic rings. The maximum absolute atomic E-state index is 10.9. The Morgan fingerprint density at radius 2 is 1.57 bits per heavy atom. The molecule has 1 rings (SSSR count). The van der Waals surface area contributed by atoms with E-state index in [9.17, 15) is 14.4 Å². The Balaban J connectivity index is 2.73. The van der Waals surface area contributed by atoms with Crippen LogP contribution < -0.4 is 11.5 Å². The highest BCUT2D eigenvalue weighted by Crippen LogP contribution is 2.09. The summed E-state index contributed by atoms with van der Waals surface area (Å²) < 4.78 is 0. The zero-order valence-electron chi connectivity index (χ0n) is 11.4. The number of amides is 2. The van der Waals surface area contributed by atoms with Gasteiger partial charge in [-0.15, -0.1) is 0 Å². The largest absolute Gasteiger partial charge is 0.478 e. The van der Waals surface area contributed by atoms with Gasteiger partial charge in [-0.3, -0.25) is 14.5 Å². The first kappa shape index (κ1) is 16.4. The summed E-state index contributed by atoms with van der Waals surface area (Å²) in [4.78, 5) is 33.8. The summed E-state index contributed by atoms with van der Waals surface area (Å²) in [5.41, 5.74) is 11.8. The van der Waals surface area contributed by atoms with E-state index in [1.54, 1.807) is 24.3 Å². The Bertz CT molecular complexity index is 536. The molecule has 21 heavy (non-hydrogen) atoms. The van der Waals surface area contributed by atoms with Crippen LogP contribution in [-0.2, 0) is 20.9 Å². The fourth-order valence-electron chi connectivity index (χ4n) is 1.77. The van der Waals surface area contributed by atoms with Crippen molar-refractivity contribution in [3.05, 3.63) is 41.5 Å². The third-order valence-electron chi connectivity index (χ3n) is 2.56. The van der Waals surface area contributed by atoms with Crippen LogP contribution >= 0.6 is 0 Å². The number of nitrogens with zero attached hydrogens (tertiary/aromatic N) is 1. The summed E-state index contributed by atoms with van der Waals surface area (Å²) >= 11 is 0. The molecule has 7 heteroatoms. The molecule has 0 bridgehead atoms. The zero-order chi connectivity index (χ0) is 15.8. The Morgan fingerprint density at radius 3 is 2.00 bits per heavy atom. The average Bonchev–Trinajstić information content (AvgIpc) is 2.36. The molecule has 0 spiro atoms. The molecule has 0 heterocycles. The quantitative estimate of drug-likeness (QED) is 0.559. The minimum atomic E-state index is -1.02. The van der Waals surface area contributed by atoms with Crippen LogP contribution in [0.2, 0.25) is 0 Å². The molecule has 7 nitrogen and oxygen atoms in total. The Morgan fingerprint density at radius 1 is 1.05 bits per heavy atom. The van der Waals surface area contributed by atoms with Crippen molar-refractivity contribution in [3.8, 4) is 0 Å². The number of aliphatic carboxylic acids is 1. The van der Waals surface area contributed by atoms with Crippen molar-refractivity contribution >= 4 is 23.9 Å². The van der Waals surface area contributed by atoms with Gasteiger partial charge < -0.3 is 16.6 Å². The Labute approximate surface area is 121 Å². The molecular formula is C14H17N3O4. The molecule has 1 aromatic carbocycles. The number of rotatable bonds is 8. The summed E-state index contributed by atoms with van der Waals surface area (Å²) in [6, 6.07) is 7.02. The lowest BCUT2D eigenvalue weighted by Crippen LogP contribution is -2.39. The fraction of sp³-hybridized carbons (Fsp3) is 0.214. The zero-order valence-corrected chi connectivity index (χ0v) is 11.4. The SMILES string of the molecule is NC(=O)CN(CC(N)=O)Cc1ccc(C=CC(=O)O)cc1. The number of hydrogen-bond donors (Lipinski definition) is 3. The lowest BCUT2D eigenvalue weighted by Gasteiger charge is -2.18. The van der Waals surface area contributed by atoms with Gasteiger partial charge in [-0.05, 0) is 17.2 Å². The maximum atomic E-state index is 10.9. The lowest BCUT2D eigenvalue weighted by atomic mass is 10.1. The minimum absolute atomic E-state index is 0.0659. The van der Waals surface area contributed by atoms with Gasteiger partial charge >= 0.3 is 5.97 Å². The molecular weight excluding hydrogens is 274 g/mol. The van der Waals surface area contributed by atoms with Crippen molar-refractivity contribution in [2.45, 2.75) is 6.54 Å². The molecule has 0 saturated heterocycles. The fourth-order valence-corrected chi connectivity index (χ4v) is 1.77. The second kappa shape index (κ2) is 7.81. The smallest absolute Gasteiger partial charge is 0.328 e. The minimum Gasteiger partial charge on any atom is -0.478 e. The molecule has 0 aromatic heterocycles. The van der Waals surface area contributed by atoms with E-state index in [2.05, 4.69) is 0 Å². The van der Waals surface area contributed by atoms with Gasteiger partial charge in [0.2, 0.25) is 11.8 Å². The molecule has 0 saturated carbocycles. The maximum Gasteiger partial charge on any atom is 0.328 e. The van der Waals surface area contributed by atoms with Gasteiger partial charge in [0.15, 0.2) is 0 Å². The second-order valence-electron chi connectivity index (χ2n) is 4.49. The summed E-state index contributed by atoms with van der Waals surface area (Å²) in [5, 5.41) is 8.54. The third-order valence-corrected chi connectivity index (χ3v) is 2.56. The van der Waals surface area contributed by atoms with E-state index < -0.39 is 17.8 Å². The van der Waals surface area contributed by atoms with E-state index in [1.165, 1.54) is 11.0 Å². The lowest BCUT2D eigenvalue weighted by molar-refractivity contribution is -0.131. The van der Waals surface area contributed by atoms with E-state index in [4.69, 9.17) is 16.6 Å². The monoisotopic (exact) mass is 291 g/mol. The molecule has 2 amide bonds. The van der Waals surface area contributed by atoms with Gasteiger partial charge in [-0.2, -0.15) is 0 Å². The van der Waals surface area contributed by atoms with E-state index >= 15 is 0 Å². The van der Waals surface area contributed by atoms with Crippen LogP contribution in [0.4, 0.5) is 0 Å². The van der Waals surface area contributed by atoms with Gasteiger partial charge in [0, 0.05) is 12.6 Å². The molecule has 0 aliphatic carbocycles. The van der Waals surface area contributed by atoms with Crippen molar-refractivity contribution in [2.75, 3.05) is 13.1 Å². The van der Waals surface area contributed by atoms with Crippen molar-refractivity contribution < 1.29 is 19.5 Å². The Kier molecular flexibility index (Phi) is 6.09. The topological polar surface area (TPSA) is 127 Å². The van der Waals surface area contributed by atoms with Crippen LogP contribution in [0, 0.1) is 0 Å². The highest BCUT2D eigenvalue weighted by Gasteiger charge is 2.11. The highest BCUT2D eigenvalue weighted by molar-refractivity contribution is 5.85. The van der Waals surface area contributed by atoms with Crippen molar-refractivity contribution in [3.63, 3.8) is 0 Å². The predicted molar refractivity (Wildman–Crippen MR) is 76.8 cm³/mol. The summed E-state index contributed by atoms with van der Waals surface area (Å²) in [7, 11) is 0. The van der Waals surface area contributed by atoms with Crippen molar-refractivity contribution in [2.24, 2.45) is 11.5 Å². The van der Waals surface area contributed by atoms with Crippen LogP contribution in [0.25, 0.3) is 6.08 Å². The number of carbonyl (C=O) groups excluding carboxylic acids is 2. The average molecular weight is 291 g/mol. The molecule has 1 aromatic rings. The van der Waals surface area contributed by atoms with Crippen LogP contribution in [0.15, 0.2) is 30.3 Å². The second-order valence-corrected chi connectivity index (χ2v) is 4.49. The number of benzene rings is 1. The summed E-state index contributed by atoms with van der Waals surface area (Å²) in [5.74, 6) is -2.11. The molecule has 0 atom stereocenters. The number of hydrogen-bond acceptors (Lipinski definition) is 4. The van der Waals surface area contributed by atoms with Gasteiger partial charge in [0.25, 0.3) is 0 Å². The first-order valence-electron chi connectivity index (χ1n) is 6.15. The normalized spacial score (nSPS) is 10.9. The first-order chi connectivity index (χ1) is 9.86. The third kappa shape index (κ3) is 6.88. The number of carboxylic acid groups (broad SMARTS) is 1. The standard InChI is InChI=1S/C14H17N3O4/c15-12(18)8-17(9-13(16)19)7-11-3-1-10(2-4-11)5-6-14(20)21/h1-6H,7-9H2,(H2,15,18)(H2,16,19)(H,20,21). The van der Waals surface area contributed by atoms with E-state index in [-0.39, 0.29) is 13.1 Å². The predicted octanol–water partition coefficient (Wildman–Crippen LogP) is -0.443. The van der Waals surface area contributed by atoms with Crippen molar-refractivity contribution in [1.29, 1.82) is 0 Å². The molecule has 5 N–H and O–H groups in total. The number of carbonyl (C=O) groups is 3. The van der Waals surface area contributed by atoms with Crippen LogP contribution in [0.3, 0.4) is 0 Å². The van der Waals surface area contributed by atoms with Crippen LogP contribution in [0.5, 0.6) is 0 Å². The van der Waals surface area contributed by atoms with Crippen LogP contribution in [-0.4, -0.2) is 40.9 Å². The van der Waals surface area contributed by atoms with Crippen LogP contribution in [0.1, 0.15) is 11.1 Å². The van der Waals surface area contributed by atoms with E-state index in [0.29, 0.717) is 6.54 Å². The van der Waals surface area contributed by atoms with Crippen molar-refractivity contribution in [1.82, 2.24) is 4.90 Å².